The molecule has 1 aliphatic heterocycles. The Hall–Kier alpha value is -1.96. The monoisotopic (exact) mass is 356 g/mol. The standard InChI is InChI=1S/C16H21FN2O4S/c17-13-5-7-14(8-6-13)18-15(20)11-24(22,23)12-16(21)19-9-3-1-2-4-10-19/h5-8H,1-4,9-12H2,(H,18,20). The summed E-state index contributed by atoms with van der Waals surface area (Å²) in [5.41, 5.74) is 0.301. The largest absolute Gasteiger partial charge is 0.342 e. The zero-order valence-electron chi connectivity index (χ0n) is 13.3. The Morgan fingerprint density at radius 2 is 1.58 bits per heavy atom. The van der Waals surface area contributed by atoms with Crippen molar-refractivity contribution >= 4 is 27.3 Å². The van der Waals surface area contributed by atoms with Crippen LogP contribution in [0.2, 0.25) is 0 Å². The molecule has 0 saturated carbocycles. The lowest BCUT2D eigenvalue weighted by molar-refractivity contribution is -0.128. The Morgan fingerprint density at radius 3 is 2.17 bits per heavy atom. The van der Waals surface area contributed by atoms with E-state index in [1.165, 1.54) is 12.1 Å². The first-order valence-electron chi connectivity index (χ1n) is 7.89. The molecule has 1 fully saturated rings. The number of anilines is 1. The van der Waals surface area contributed by atoms with Gasteiger partial charge in [0.05, 0.1) is 0 Å². The molecule has 1 aliphatic rings. The van der Waals surface area contributed by atoms with Crippen LogP contribution in [0.25, 0.3) is 0 Å². The van der Waals surface area contributed by atoms with E-state index in [4.69, 9.17) is 0 Å². The molecule has 8 heteroatoms. The molecule has 2 amide bonds. The lowest BCUT2D eigenvalue weighted by Crippen LogP contribution is -2.38. The zero-order valence-corrected chi connectivity index (χ0v) is 14.1. The van der Waals surface area contributed by atoms with Crippen LogP contribution in [-0.2, 0) is 19.4 Å². The molecule has 1 aromatic rings. The van der Waals surface area contributed by atoms with Crippen molar-refractivity contribution in [3.05, 3.63) is 30.1 Å². The molecule has 0 aromatic heterocycles. The number of carbonyl (C=O) groups excluding carboxylic acids is 2. The van der Waals surface area contributed by atoms with E-state index in [1.54, 1.807) is 4.90 Å². The molecule has 1 N–H and O–H groups in total. The normalized spacial score (nSPS) is 15.6. The van der Waals surface area contributed by atoms with Crippen LogP contribution in [-0.4, -0.2) is 49.7 Å². The molecule has 0 unspecified atom stereocenters. The quantitative estimate of drug-likeness (QED) is 0.868. The van der Waals surface area contributed by atoms with Crippen molar-refractivity contribution < 1.29 is 22.4 Å². The van der Waals surface area contributed by atoms with E-state index in [1.807, 2.05) is 0 Å². The second-order valence-electron chi connectivity index (χ2n) is 5.88. The summed E-state index contributed by atoms with van der Waals surface area (Å²) >= 11 is 0. The lowest BCUT2D eigenvalue weighted by Gasteiger charge is -2.20. The minimum atomic E-state index is -3.85. The molecule has 2 rings (SSSR count). The molecule has 1 aromatic carbocycles. The minimum Gasteiger partial charge on any atom is -0.342 e. The van der Waals surface area contributed by atoms with Crippen molar-refractivity contribution in [3.8, 4) is 0 Å². The van der Waals surface area contributed by atoms with Gasteiger partial charge < -0.3 is 10.2 Å². The summed E-state index contributed by atoms with van der Waals surface area (Å²) in [5.74, 6) is -3.09. The van der Waals surface area contributed by atoms with Crippen LogP contribution >= 0.6 is 0 Å². The lowest BCUT2D eigenvalue weighted by atomic mass is 10.2. The highest BCUT2D eigenvalue weighted by Crippen LogP contribution is 2.11. The number of nitrogens with one attached hydrogen (secondary N) is 1. The van der Waals surface area contributed by atoms with Gasteiger partial charge >= 0.3 is 0 Å². The first kappa shape index (κ1) is 18.4. The van der Waals surface area contributed by atoms with Crippen LogP contribution in [0.5, 0.6) is 0 Å². The molecule has 24 heavy (non-hydrogen) atoms. The highest BCUT2D eigenvalue weighted by Gasteiger charge is 2.24. The average molecular weight is 356 g/mol. The third kappa shape index (κ3) is 5.92. The zero-order chi connectivity index (χ0) is 17.6. The van der Waals surface area contributed by atoms with Crippen molar-refractivity contribution in [2.24, 2.45) is 0 Å². The topological polar surface area (TPSA) is 83.5 Å². The molecule has 1 heterocycles. The summed E-state index contributed by atoms with van der Waals surface area (Å²) in [6.45, 7) is 1.13. The van der Waals surface area contributed by atoms with E-state index in [-0.39, 0.29) is 0 Å². The molecule has 132 valence electrons. The fourth-order valence-corrected chi connectivity index (χ4v) is 3.71. The molecule has 0 bridgehead atoms. The van der Waals surface area contributed by atoms with Crippen molar-refractivity contribution in [1.82, 2.24) is 4.90 Å². The van der Waals surface area contributed by atoms with Crippen LogP contribution in [0.1, 0.15) is 25.7 Å². The van der Waals surface area contributed by atoms with Crippen LogP contribution in [0.3, 0.4) is 0 Å². The number of hydrogen-bond donors (Lipinski definition) is 1. The second-order valence-corrected chi connectivity index (χ2v) is 7.95. The predicted molar refractivity (Wildman–Crippen MR) is 88.7 cm³/mol. The van der Waals surface area contributed by atoms with Gasteiger partial charge in [0.1, 0.15) is 17.3 Å². The number of likely N-dealkylation sites (tertiary alicyclic amines) is 1. The number of rotatable bonds is 5. The minimum absolute atomic E-state index is 0.301. The third-order valence-electron chi connectivity index (χ3n) is 3.78. The summed E-state index contributed by atoms with van der Waals surface area (Å²) in [5, 5.41) is 2.38. The van der Waals surface area contributed by atoms with Crippen LogP contribution in [0.4, 0.5) is 10.1 Å². The first-order chi connectivity index (χ1) is 11.4. The molecule has 0 aliphatic carbocycles. The van der Waals surface area contributed by atoms with E-state index >= 15 is 0 Å². The highest BCUT2D eigenvalue weighted by atomic mass is 32.2. The third-order valence-corrected chi connectivity index (χ3v) is 5.17. The summed E-state index contributed by atoms with van der Waals surface area (Å²) < 4.78 is 36.9. The predicted octanol–water partition coefficient (Wildman–Crippen LogP) is 1.58. The van der Waals surface area contributed by atoms with Crippen LogP contribution in [0, 0.1) is 5.82 Å². The summed E-state index contributed by atoms with van der Waals surface area (Å²) in [6.07, 6.45) is 3.82. The van der Waals surface area contributed by atoms with E-state index in [9.17, 15) is 22.4 Å². The summed E-state index contributed by atoms with van der Waals surface area (Å²) in [7, 11) is -3.85. The molecule has 1 saturated heterocycles. The number of sulfone groups is 1. The van der Waals surface area contributed by atoms with Gasteiger partial charge in [-0.15, -0.1) is 0 Å². The van der Waals surface area contributed by atoms with Crippen molar-refractivity contribution in [2.75, 3.05) is 29.9 Å². The van der Waals surface area contributed by atoms with Gasteiger partial charge in [0, 0.05) is 18.8 Å². The molecule has 0 atom stereocenters. The summed E-state index contributed by atoms with van der Waals surface area (Å²) in [6, 6.07) is 4.99. The fraction of sp³-hybridized carbons (Fsp3) is 0.500. The summed E-state index contributed by atoms with van der Waals surface area (Å²) in [4.78, 5) is 25.5. The first-order valence-corrected chi connectivity index (χ1v) is 9.71. The Morgan fingerprint density at radius 1 is 1.00 bits per heavy atom. The Kier molecular flexibility index (Phi) is 6.30. The molecule has 0 spiro atoms. The van der Waals surface area contributed by atoms with E-state index < -0.39 is 39.0 Å². The molecule has 6 nitrogen and oxygen atoms in total. The van der Waals surface area contributed by atoms with Gasteiger partial charge in [-0.25, -0.2) is 12.8 Å². The van der Waals surface area contributed by atoms with Gasteiger partial charge in [-0.3, -0.25) is 9.59 Å². The number of hydrogen-bond acceptors (Lipinski definition) is 4. The van der Waals surface area contributed by atoms with Crippen LogP contribution < -0.4 is 5.32 Å². The maximum absolute atomic E-state index is 12.8. The van der Waals surface area contributed by atoms with Gasteiger partial charge in [0.25, 0.3) is 0 Å². The van der Waals surface area contributed by atoms with Crippen molar-refractivity contribution in [2.45, 2.75) is 25.7 Å². The van der Waals surface area contributed by atoms with E-state index in [0.29, 0.717) is 18.8 Å². The smallest absolute Gasteiger partial charge is 0.239 e. The average Bonchev–Trinajstić information content (AvgIpc) is 2.77. The van der Waals surface area contributed by atoms with Crippen molar-refractivity contribution in [3.63, 3.8) is 0 Å². The number of carbonyl (C=O) groups is 2. The van der Waals surface area contributed by atoms with Gasteiger partial charge in [-0.2, -0.15) is 0 Å². The van der Waals surface area contributed by atoms with Gasteiger partial charge in [-0.1, -0.05) is 12.8 Å². The SMILES string of the molecule is O=C(CS(=O)(=O)CC(=O)N1CCCCCC1)Nc1ccc(F)cc1. The Balaban J connectivity index is 1.88. The van der Waals surface area contributed by atoms with E-state index in [2.05, 4.69) is 5.32 Å². The maximum Gasteiger partial charge on any atom is 0.239 e. The van der Waals surface area contributed by atoms with Gasteiger partial charge in [-0.05, 0) is 37.1 Å². The maximum atomic E-state index is 12.8. The fourth-order valence-electron chi connectivity index (χ4n) is 2.58. The Bertz CT molecular complexity index is 681. The van der Waals surface area contributed by atoms with Crippen LogP contribution in [0.15, 0.2) is 24.3 Å². The van der Waals surface area contributed by atoms with Gasteiger partial charge in [0.15, 0.2) is 9.84 Å². The Labute approximate surface area is 140 Å². The number of nitrogens with zero attached hydrogens (tertiary/aromatic N) is 1. The van der Waals surface area contributed by atoms with Crippen molar-refractivity contribution in [1.29, 1.82) is 0 Å². The second kappa shape index (κ2) is 8.23. The highest BCUT2D eigenvalue weighted by molar-refractivity contribution is 7.92. The molecule has 0 radical (unpaired) electrons. The van der Waals surface area contributed by atoms with E-state index in [0.717, 1.165) is 37.8 Å². The van der Waals surface area contributed by atoms with Gasteiger partial charge in [0.2, 0.25) is 11.8 Å². The number of amides is 2. The number of halogens is 1. The molecular formula is C16H21FN2O4S. The number of benzene rings is 1. The molecular weight excluding hydrogens is 335 g/mol.